The summed E-state index contributed by atoms with van der Waals surface area (Å²) in [4.78, 5) is 11.2. The van der Waals surface area contributed by atoms with Crippen molar-refractivity contribution in [3.8, 4) is 0 Å². The van der Waals surface area contributed by atoms with Crippen molar-refractivity contribution in [2.24, 2.45) is 5.92 Å². The van der Waals surface area contributed by atoms with E-state index < -0.39 is 9.04 Å². The summed E-state index contributed by atoms with van der Waals surface area (Å²) in [6.07, 6.45) is 0.940. The highest BCUT2D eigenvalue weighted by Crippen LogP contribution is 2.37. The largest absolute Gasteiger partial charge is 0.411 e. The van der Waals surface area contributed by atoms with Crippen LogP contribution in [0, 0.1) is 5.92 Å². The van der Waals surface area contributed by atoms with Crippen molar-refractivity contribution in [2.75, 3.05) is 6.61 Å². The van der Waals surface area contributed by atoms with Gasteiger partial charge in [-0.3, -0.25) is 4.79 Å². The molecule has 0 aliphatic heterocycles. The second-order valence-corrected chi connectivity index (χ2v) is 8.12. The number of hydrogen-bond acceptors (Lipinski definition) is 2. The molecule has 0 aromatic heterocycles. The van der Waals surface area contributed by atoms with Crippen molar-refractivity contribution in [3.05, 3.63) is 29.8 Å². The average molecular weight is 263 g/mol. The second-order valence-electron chi connectivity index (χ2n) is 5.34. The van der Waals surface area contributed by atoms with Crippen LogP contribution in [0.3, 0.4) is 0 Å². The molecule has 0 heterocycles. The lowest BCUT2D eigenvalue weighted by Gasteiger charge is -2.36. The standard InChI is InChI=1S/C15H23O2Si/c1-6-17-18(15(4,5)12(2)3)14-10-8-7-9-13(14)11-16/h7-12H,6H2,1-5H3. The van der Waals surface area contributed by atoms with Crippen molar-refractivity contribution in [1.29, 1.82) is 0 Å². The van der Waals surface area contributed by atoms with Gasteiger partial charge in [-0.1, -0.05) is 52.0 Å². The highest BCUT2D eigenvalue weighted by Gasteiger charge is 2.38. The zero-order chi connectivity index (χ0) is 13.8. The summed E-state index contributed by atoms with van der Waals surface area (Å²) >= 11 is 0. The number of aldehydes is 1. The highest BCUT2D eigenvalue weighted by molar-refractivity contribution is 6.71. The van der Waals surface area contributed by atoms with Gasteiger partial charge >= 0.3 is 0 Å². The maximum absolute atomic E-state index is 11.2. The van der Waals surface area contributed by atoms with Gasteiger partial charge in [0.25, 0.3) is 9.04 Å². The molecule has 0 spiro atoms. The van der Waals surface area contributed by atoms with Gasteiger partial charge in [-0.15, -0.1) is 0 Å². The third-order valence-electron chi connectivity index (χ3n) is 3.65. The predicted octanol–water partition coefficient (Wildman–Crippen LogP) is 3.17. The minimum Gasteiger partial charge on any atom is -0.411 e. The van der Waals surface area contributed by atoms with Crippen LogP contribution in [-0.2, 0) is 4.43 Å². The van der Waals surface area contributed by atoms with Crippen LogP contribution in [0.15, 0.2) is 24.3 Å². The van der Waals surface area contributed by atoms with Gasteiger partial charge in [-0.05, 0) is 23.1 Å². The molecule has 3 heteroatoms. The van der Waals surface area contributed by atoms with E-state index in [1.54, 1.807) is 0 Å². The van der Waals surface area contributed by atoms with E-state index in [1.807, 2.05) is 31.2 Å². The highest BCUT2D eigenvalue weighted by atomic mass is 28.3. The van der Waals surface area contributed by atoms with Gasteiger partial charge in [0.1, 0.15) is 6.29 Å². The Morgan fingerprint density at radius 2 is 1.94 bits per heavy atom. The fourth-order valence-corrected chi connectivity index (χ4v) is 4.51. The summed E-state index contributed by atoms with van der Waals surface area (Å²) in [5.41, 5.74) is 0.772. The molecule has 1 aromatic carbocycles. The van der Waals surface area contributed by atoms with E-state index in [9.17, 15) is 4.79 Å². The fraction of sp³-hybridized carbons (Fsp3) is 0.533. The third-order valence-corrected chi connectivity index (χ3v) is 6.92. The Morgan fingerprint density at radius 1 is 1.33 bits per heavy atom. The molecular formula is C15H23O2Si. The van der Waals surface area contributed by atoms with Crippen LogP contribution < -0.4 is 5.19 Å². The van der Waals surface area contributed by atoms with Crippen LogP contribution in [0.1, 0.15) is 45.0 Å². The summed E-state index contributed by atoms with van der Waals surface area (Å²) in [6, 6.07) is 7.81. The molecule has 0 aliphatic carbocycles. The number of benzene rings is 1. The first-order chi connectivity index (χ1) is 8.45. The molecule has 0 unspecified atom stereocenters. The second kappa shape index (κ2) is 6.30. The minimum atomic E-state index is -1.22. The monoisotopic (exact) mass is 263 g/mol. The van der Waals surface area contributed by atoms with Crippen LogP contribution in [0.25, 0.3) is 0 Å². The average Bonchev–Trinajstić information content (AvgIpc) is 2.35. The van der Waals surface area contributed by atoms with E-state index in [0.29, 0.717) is 12.5 Å². The zero-order valence-corrected chi connectivity index (χ0v) is 13.0. The zero-order valence-electron chi connectivity index (χ0n) is 12.0. The molecule has 0 N–H and O–H groups in total. The van der Waals surface area contributed by atoms with Gasteiger partial charge in [0, 0.05) is 12.2 Å². The lowest BCUT2D eigenvalue weighted by molar-refractivity contribution is 0.112. The van der Waals surface area contributed by atoms with E-state index >= 15 is 0 Å². The molecule has 2 nitrogen and oxygen atoms in total. The molecule has 0 amide bonds. The third kappa shape index (κ3) is 3.09. The Hall–Kier alpha value is -0.933. The van der Waals surface area contributed by atoms with Gasteiger partial charge in [0.2, 0.25) is 0 Å². The number of hydrogen-bond donors (Lipinski definition) is 0. The van der Waals surface area contributed by atoms with E-state index in [0.717, 1.165) is 17.0 Å². The predicted molar refractivity (Wildman–Crippen MR) is 77.7 cm³/mol. The van der Waals surface area contributed by atoms with Crippen LogP contribution in [0.2, 0.25) is 5.04 Å². The SMILES string of the molecule is CCO[Si](c1ccccc1C=O)C(C)(C)C(C)C. The Kier molecular flexibility index (Phi) is 5.29. The van der Waals surface area contributed by atoms with Crippen molar-refractivity contribution in [1.82, 2.24) is 0 Å². The van der Waals surface area contributed by atoms with Crippen molar-refractivity contribution < 1.29 is 9.22 Å². The molecule has 0 atom stereocenters. The van der Waals surface area contributed by atoms with Gasteiger partial charge in [0.05, 0.1) is 0 Å². The Balaban J connectivity index is 3.23. The first-order valence-corrected chi connectivity index (χ1v) is 7.90. The van der Waals surface area contributed by atoms with E-state index in [1.165, 1.54) is 0 Å². The molecule has 18 heavy (non-hydrogen) atoms. The molecule has 1 radical (unpaired) electrons. The topological polar surface area (TPSA) is 26.3 Å². The Bertz CT molecular complexity index is 399. The van der Waals surface area contributed by atoms with Crippen LogP contribution in [0.4, 0.5) is 0 Å². The van der Waals surface area contributed by atoms with Crippen molar-refractivity contribution in [2.45, 2.75) is 39.7 Å². The van der Waals surface area contributed by atoms with Crippen molar-refractivity contribution in [3.63, 3.8) is 0 Å². The number of carbonyl (C=O) groups is 1. The maximum Gasteiger partial charge on any atom is 0.253 e. The summed E-state index contributed by atoms with van der Waals surface area (Å²) in [5, 5.41) is 1.18. The number of carbonyl (C=O) groups excluding carboxylic acids is 1. The smallest absolute Gasteiger partial charge is 0.253 e. The van der Waals surface area contributed by atoms with E-state index in [2.05, 4.69) is 27.7 Å². The summed E-state index contributed by atoms with van der Waals surface area (Å²) < 4.78 is 6.04. The molecule has 99 valence electrons. The first kappa shape index (κ1) is 15.1. The summed E-state index contributed by atoms with van der Waals surface area (Å²) in [6.45, 7) is 11.6. The minimum absolute atomic E-state index is 0.0831. The molecule has 0 aliphatic rings. The van der Waals surface area contributed by atoms with Crippen LogP contribution >= 0.6 is 0 Å². The molecule has 0 saturated carbocycles. The van der Waals surface area contributed by atoms with Gasteiger partial charge in [-0.2, -0.15) is 0 Å². The quantitative estimate of drug-likeness (QED) is 0.582. The lowest BCUT2D eigenvalue weighted by Crippen LogP contribution is -2.46. The van der Waals surface area contributed by atoms with Gasteiger partial charge in [0.15, 0.2) is 0 Å². The molecule has 1 rings (SSSR count). The lowest BCUT2D eigenvalue weighted by atomic mass is 9.99. The van der Waals surface area contributed by atoms with E-state index in [4.69, 9.17) is 4.43 Å². The molecule has 0 bridgehead atoms. The Labute approximate surface area is 112 Å². The molecule has 0 fully saturated rings. The summed E-state index contributed by atoms with van der Waals surface area (Å²) in [7, 11) is -1.22. The fourth-order valence-electron chi connectivity index (χ4n) is 1.82. The van der Waals surface area contributed by atoms with E-state index in [-0.39, 0.29) is 5.04 Å². The Morgan fingerprint density at radius 3 is 2.44 bits per heavy atom. The maximum atomic E-state index is 11.2. The van der Waals surface area contributed by atoms with Crippen LogP contribution in [-0.4, -0.2) is 21.9 Å². The normalized spacial score (nSPS) is 12.2. The van der Waals surface area contributed by atoms with Crippen LogP contribution in [0.5, 0.6) is 0 Å². The van der Waals surface area contributed by atoms with Gasteiger partial charge in [-0.25, -0.2) is 0 Å². The molecule has 1 aromatic rings. The molecule has 0 saturated heterocycles. The number of rotatable bonds is 6. The molecular weight excluding hydrogens is 240 g/mol. The first-order valence-electron chi connectivity index (χ1n) is 6.50. The van der Waals surface area contributed by atoms with Crippen molar-refractivity contribution >= 4 is 20.5 Å². The summed E-state index contributed by atoms with van der Waals surface area (Å²) in [5.74, 6) is 0.512. The van der Waals surface area contributed by atoms with Gasteiger partial charge < -0.3 is 4.43 Å².